The predicted molar refractivity (Wildman–Crippen MR) is 64.8 cm³/mol. The van der Waals surface area contributed by atoms with Crippen LogP contribution in [0.2, 0.25) is 0 Å². The van der Waals surface area contributed by atoms with Crippen LogP contribution in [0.3, 0.4) is 0 Å². The third kappa shape index (κ3) is 2.83. The van der Waals surface area contributed by atoms with Crippen LogP contribution < -0.4 is 16.2 Å². The maximum absolute atomic E-state index is 5.29. The Kier molecular flexibility index (Phi) is 3.52. The predicted octanol–water partition coefficient (Wildman–Crippen LogP) is 1.99. The molecule has 1 aromatic rings. The van der Waals surface area contributed by atoms with Gasteiger partial charge in [0.05, 0.1) is 11.9 Å². The summed E-state index contributed by atoms with van der Waals surface area (Å²) in [6, 6.07) is 3.90. The molecule has 1 rings (SSSR count). The van der Waals surface area contributed by atoms with E-state index in [1.165, 1.54) is 0 Å². The van der Waals surface area contributed by atoms with Gasteiger partial charge >= 0.3 is 0 Å². The largest absolute Gasteiger partial charge is 0.352 e. The quantitative estimate of drug-likeness (QED) is 0.589. The molecule has 1 heterocycles. The van der Waals surface area contributed by atoms with Gasteiger partial charge in [0.2, 0.25) is 0 Å². The van der Waals surface area contributed by atoms with E-state index in [2.05, 4.69) is 43.0 Å². The van der Waals surface area contributed by atoms with Crippen molar-refractivity contribution in [2.45, 2.75) is 33.2 Å². The Balaban J connectivity index is 2.93. The lowest BCUT2D eigenvalue weighted by atomic mass is 10.1. The van der Waals surface area contributed by atoms with Crippen LogP contribution in [-0.4, -0.2) is 17.1 Å². The van der Waals surface area contributed by atoms with E-state index in [9.17, 15) is 0 Å². The molecule has 4 heteroatoms. The highest BCUT2D eigenvalue weighted by atomic mass is 15.2. The third-order valence-electron chi connectivity index (χ3n) is 2.32. The number of nitrogens with zero attached hydrogens (tertiary/aromatic N) is 2. The SMILES string of the molecule is CCN(c1ccc(NN)cn1)C(C)(C)C. The second-order valence-corrected chi connectivity index (χ2v) is 4.46. The Morgan fingerprint density at radius 3 is 2.40 bits per heavy atom. The lowest BCUT2D eigenvalue weighted by molar-refractivity contribution is 0.508. The number of hydrogen-bond donors (Lipinski definition) is 2. The summed E-state index contributed by atoms with van der Waals surface area (Å²) in [6.45, 7) is 9.59. The number of anilines is 2. The smallest absolute Gasteiger partial charge is 0.129 e. The van der Waals surface area contributed by atoms with Crippen LogP contribution in [0, 0.1) is 0 Å². The van der Waals surface area contributed by atoms with Crippen LogP contribution in [0.25, 0.3) is 0 Å². The van der Waals surface area contributed by atoms with Crippen molar-refractivity contribution in [3.8, 4) is 0 Å². The van der Waals surface area contributed by atoms with Crippen molar-refractivity contribution in [3.63, 3.8) is 0 Å². The molecule has 0 radical (unpaired) electrons. The molecule has 0 aliphatic carbocycles. The number of nitrogens with two attached hydrogens (primary N) is 1. The van der Waals surface area contributed by atoms with Crippen molar-refractivity contribution < 1.29 is 0 Å². The Hall–Kier alpha value is -1.29. The van der Waals surface area contributed by atoms with E-state index in [-0.39, 0.29) is 5.54 Å². The number of nitrogen functional groups attached to an aromatic ring is 1. The summed E-state index contributed by atoms with van der Waals surface area (Å²) in [5.41, 5.74) is 3.47. The first-order valence-corrected chi connectivity index (χ1v) is 5.19. The molecule has 1 aromatic heterocycles. The maximum atomic E-state index is 5.29. The van der Waals surface area contributed by atoms with Crippen molar-refractivity contribution >= 4 is 11.5 Å². The van der Waals surface area contributed by atoms with E-state index >= 15 is 0 Å². The highest BCUT2D eigenvalue weighted by Gasteiger charge is 2.20. The topological polar surface area (TPSA) is 54.2 Å². The second-order valence-electron chi connectivity index (χ2n) is 4.46. The molecule has 0 aromatic carbocycles. The van der Waals surface area contributed by atoms with Crippen molar-refractivity contribution in [2.24, 2.45) is 5.84 Å². The average Bonchev–Trinajstić information content (AvgIpc) is 2.18. The lowest BCUT2D eigenvalue weighted by Crippen LogP contribution is -2.41. The van der Waals surface area contributed by atoms with Crippen molar-refractivity contribution in [2.75, 3.05) is 16.9 Å². The lowest BCUT2D eigenvalue weighted by Gasteiger charge is -2.35. The highest BCUT2D eigenvalue weighted by Crippen LogP contribution is 2.21. The van der Waals surface area contributed by atoms with E-state index in [0.717, 1.165) is 18.1 Å². The van der Waals surface area contributed by atoms with E-state index < -0.39 is 0 Å². The number of rotatable bonds is 3. The van der Waals surface area contributed by atoms with Crippen LogP contribution >= 0.6 is 0 Å². The van der Waals surface area contributed by atoms with Crippen LogP contribution in [0.1, 0.15) is 27.7 Å². The van der Waals surface area contributed by atoms with Crippen LogP contribution in [-0.2, 0) is 0 Å². The van der Waals surface area contributed by atoms with Gasteiger partial charge in [-0.05, 0) is 39.8 Å². The highest BCUT2D eigenvalue weighted by molar-refractivity contribution is 5.49. The van der Waals surface area contributed by atoms with Gasteiger partial charge in [-0.3, -0.25) is 5.84 Å². The first kappa shape index (κ1) is 11.8. The normalized spacial score (nSPS) is 11.3. The summed E-state index contributed by atoms with van der Waals surface area (Å²) < 4.78 is 0. The van der Waals surface area contributed by atoms with Gasteiger partial charge in [-0.25, -0.2) is 4.98 Å². The van der Waals surface area contributed by atoms with Crippen LogP contribution in [0.4, 0.5) is 11.5 Å². The maximum Gasteiger partial charge on any atom is 0.129 e. The van der Waals surface area contributed by atoms with E-state index in [1.54, 1.807) is 6.20 Å². The van der Waals surface area contributed by atoms with Crippen LogP contribution in [0.5, 0.6) is 0 Å². The zero-order chi connectivity index (χ0) is 11.5. The van der Waals surface area contributed by atoms with Crippen molar-refractivity contribution in [1.29, 1.82) is 0 Å². The summed E-state index contributed by atoms with van der Waals surface area (Å²) >= 11 is 0. The van der Waals surface area contributed by atoms with E-state index in [1.807, 2.05) is 12.1 Å². The van der Waals surface area contributed by atoms with Crippen molar-refractivity contribution in [3.05, 3.63) is 18.3 Å². The Bertz CT molecular complexity index is 299. The molecule has 4 nitrogen and oxygen atoms in total. The zero-order valence-corrected chi connectivity index (χ0v) is 9.91. The summed E-state index contributed by atoms with van der Waals surface area (Å²) in [4.78, 5) is 6.61. The van der Waals surface area contributed by atoms with Gasteiger partial charge in [0, 0.05) is 12.1 Å². The van der Waals surface area contributed by atoms with Gasteiger partial charge in [0.1, 0.15) is 5.82 Å². The molecule has 0 atom stereocenters. The fourth-order valence-corrected chi connectivity index (χ4v) is 1.61. The molecule has 0 amide bonds. The number of hydrogen-bond acceptors (Lipinski definition) is 4. The van der Waals surface area contributed by atoms with E-state index in [4.69, 9.17) is 5.84 Å². The summed E-state index contributed by atoms with van der Waals surface area (Å²) in [6.07, 6.45) is 1.74. The third-order valence-corrected chi connectivity index (χ3v) is 2.32. The number of aromatic nitrogens is 1. The standard InChI is InChI=1S/C11H20N4/c1-5-15(11(2,3)4)10-7-6-9(14-12)8-13-10/h6-8,14H,5,12H2,1-4H3. The summed E-state index contributed by atoms with van der Waals surface area (Å²) in [5, 5.41) is 0. The molecule has 0 saturated carbocycles. The summed E-state index contributed by atoms with van der Waals surface area (Å²) in [5.74, 6) is 6.27. The molecular weight excluding hydrogens is 188 g/mol. The van der Waals surface area contributed by atoms with Crippen LogP contribution in [0.15, 0.2) is 18.3 Å². The molecule has 0 aliphatic heterocycles. The molecule has 0 aliphatic rings. The van der Waals surface area contributed by atoms with Gasteiger partial charge in [0.25, 0.3) is 0 Å². The van der Waals surface area contributed by atoms with Gasteiger partial charge < -0.3 is 10.3 Å². The molecule has 15 heavy (non-hydrogen) atoms. The zero-order valence-electron chi connectivity index (χ0n) is 9.91. The number of nitrogens with one attached hydrogen (secondary N) is 1. The van der Waals surface area contributed by atoms with Gasteiger partial charge in [-0.2, -0.15) is 0 Å². The van der Waals surface area contributed by atoms with Crippen molar-refractivity contribution in [1.82, 2.24) is 4.98 Å². The molecule has 0 bridgehead atoms. The minimum absolute atomic E-state index is 0.0827. The molecule has 0 unspecified atom stereocenters. The first-order valence-electron chi connectivity index (χ1n) is 5.19. The molecular formula is C11H20N4. The van der Waals surface area contributed by atoms with E-state index in [0.29, 0.717) is 0 Å². The first-order chi connectivity index (χ1) is 6.99. The average molecular weight is 208 g/mol. The second kappa shape index (κ2) is 4.49. The molecule has 0 spiro atoms. The van der Waals surface area contributed by atoms with Gasteiger partial charge in [0.15, 0.2) is 0 Å². The Morgan fingerprint density at radius 2 is 2.07 bits per heavy atom. The summed E-state index contributed by atoms with van der Waals surface area (Å²) in [7, 11) is 0. The monoisotopic (exact) mass is 208 g/mol. The minimum atomic E-state index is 0.0827. The van der Waals surface area contributed by atoms with Gasteiger partial charge in [-0.15, -0.1) is 0 Å². The fourth-order valence-electron chi connectivity index (χ4n) is 1.61. The number of pyridine rings is 1. The molecule has 0 saturated heterocycles. The number of hydrazine groups is 1. The Morgan fingerprint density at radius 1 is 1.40 bits per heavy atom. The van der Waals surface area contributed by atoms with Gasteiger partial charge in [-0.1, -0.05) is 0 Å². The molecule has 84 valence electrons. The Labute approximate surface area is 91.5 Å². The molecule has 3 N–H and O–H groups in total. The fraction of sp³-hybridized carbons (Fsp3) is 0.545. The minimum Gasteiger partial charge on any atom is -0.352 e. The molecule has 0 fully saturated rings.